The van der Waals surface area contributed by atoms with Crippen LogP contribution in [0.25, 0.3) is 0 Å². The fourth-order valence-corrected chi connectivity index (χ4v) is 0. The maximum atomic E-state index is 0. The van der Waals surface area contributed by atoms with E-state index in [0.717, 1.165) is 0 Å². The molecule has 2 radical (unpaired) electrons. The molecule has 1 nitrogen and oxygen atoms in total. The molecule has 0 rings (SSSR count). The molecule has 0 amide bonds. The van der Waals surface area contributed by atoms with E-state index in [4.69, 9.17) is 0 Å². The first-order chi connectivity index (χ1) is 0. The summed E-state index contributed by atoms with van der Waals surface area (Å²) in [6, 6.07) is 0. The molecule has 0 fully saturated rings. The van der Waals surface area contributed by atoms with E-state index in [2.05, 4.69) is 0 Å². The molecule has 0 aromatic rings. The Hall–Kier alpha value is 3.67. The minimum absolute atomic E-state index is 0. The molecule has 0 aliphatic carbocycles. The van der Waals surface area contributed by atoms with Crippen LogP contribution >= 0.6 is 0 Å². The normalized spacial score (nSPS) is 0. The summed E-state index contributed by atoms with van der Waals surface area (Å²) in [5.74, 6) is 0. The van der Waals surface area contributed by atoms with Crippen molar-refractivity contribution in [2.75, 3.05) is 0 Å². The summed E-state index contributed by atoms with van der Waals surface area (Å²) in [4.78, 5) is 0. The largest absolute Gasteiger partial charge is 2.00 e. The summed E-state index contributed by atoms with van der Waals surface area (Å²) in [6.45, 7) is 0. The van der Waals surface area contributed by atoms with E-state index in [1.165, 1.54) is 0 Å². The first-order valence-corrected chi connectivity index (χ1v) is 0. The van der Waals surface area contributed by atoms with Gasteiger partial charge in [-0.25, -0.2) is 0 Å². The topological polar surface area (TPSA) is 31.5 Å². The van der Waals surface area contributed by atoms with E-state index >= 15 is 0 Å². The summed E-state index contributed by atoms with van der Waals surface area (Å²) < 4.78 is 0. The van der Waals surface area contributed by atoms with Crippen LogP contribution in [0.5, 0.6) is 0 Å². The van der Waals surface area contributed by atoms with Crippen LogP contribution < -0.4 is 0 Å². The van der Waals surface area contributed by atoms with Crippen LogP contribution in [0.15, 0.2) is 0 Å². The van der Waals surface area contributed by atoms with Crippen LogP contribution in [0.4, 0.5) is 0 Å². The van der Waals surface area contributed by atoms with Crippen LogP contribution in [-0.2, 0) is 34.1 Å². The first kappa shape index (κ1) is 37.8. The van der Waals surface area contributed by atoms with Gasteiger partial charge in [0, 0.05) is 69.7 Å². The van der Waals surface area contributed by atoms with Crippen molar-refractivity contribution in [2.45, 2.75) is 0 Å². The molecule has 0 unspecified atom stereocenters. The predicted molar refractivity (Wildman–Crippen MR) is 11.6 cm³/mol. The second-order valence-corrected chi connectivity index (χ2v) is 0. The van der Waals surface area contributed by atoms with Gasteiger partial charge in [0.25, 0.3) is 0 Å². The van der Waals surface area contributed by atoms with Crippen molar-refractivity contribution >= 4 is 45.5 Å². The minimum atomic E-state index is 0. The zero-order valence-electron chi connectivity index (χ0n) is 4.53. The molecule has 5 heavy (non-hydrogen) atoms. The van der Waals surface area contributed by atoms with Gasteiger partial charge in [0.05, 0.1) is 0 Å². The van der Waals surface area contributed by atoms with Gasteiger partial charge in [0.15, 0.2) is 0 Å². The molecule has 0 aliphatic heterocycles. The Morgan fingerprint density at radius 1 is 1.20 bits per heavy atom. The van der Waals surface area contributed by atoms with Gasteiger partial charge in [-0.05, 0) is 0 Å². The molecular formula is H4CoCrLaOSr. The van der Waals surface area contributed by atoms with E-state index in [0.29, 0.717) is 0 Å². The SMILES string of the molecule is O.[Co].[Cr].[H-].[H-].[La].[Sr+2]. The van der Waals surface area contributed by atoms with Crippen molar-refractivity contribution in [3.8, 4) is 0 Å². The van der Waals surface area contributed by atoms with Gasteiger partial charge in [-0.1, -0.05) is 0 Å². The van der Waals surface area contributed by atoms with Gasteiger partial charge >= 0.3 is 45.5 Å². The second kappa shape index (κ2) is 25.3. The van der Waals surface area contributed by atoms with Crippen molar-refractivity contribution in [3.05, 3.63) is 0 Å². The Morgan fingerprint density at radius 2 is 1.20 bits per heavy atom. The summed E-state index contributed by atoms with van der Waals surface area (Å²) in [5.41, 5.74) is 0. The molecule has 2 N–H and O–H groups in total. The molecule has 0 saturated carbocycles. The number of rotatable bonds is 0. The van der Waals surface area contributed by atoms with Crippen LogP contribution in [0.3, 0.4) is 0 Å². The van der Waals surface area contributed by atoms with Crippen LogP contribution in [-0.4, -0.2) is 51.0 Å². The molecule has 0 aromatic heterocycles. The fourth-order valence-electron chi connectivity index (χ4n) is 0. The Kier molecular flexibility index (Phi) is 192. The van der Waals surface area contributed by atoms with Gasteiger partial charge in [-0.2, -0.15) is 0 Å². The predicted octanol–water partition coefficient (Wildman–Crippen LogP) is -0.986. The monoisotopic (exact) mass is 358 g/mol. The van der Waals surface area contributed by atoms with Crippen LogP contribution in [0.2, 0.25) is 0 Å². The van der Waals surface area contributed by atoms with Crippen LogP contribution in [0.1, 0.15) is 2.85 Å². The standard InChI is InChI=1S/Co.Cr.La.H2O.Sr.2H/h;;;1H2;;;/q;;;;+2;2*-1. The third-order valence-electron chi connectivity index (χ3n) is 0. The van der Waals surface area contributed by atoms with Gasteiger partial charge in [0.1, 0.15) is 0 Å². The van der Waals surface area contributed by atoms with E-state index in [1.54, 1.807) is 0 Å². The maximum absolute atomic E-state index is 0. The average Bonchev–Trinajstić information content (AvgIpc) is 0. The first-order valence-electron chi connectivity index (χ1n) is 0. The Morgan fingerprint density at radius 3 is 1.20 bits per heavy atom. The van der Waals surface area contributed by atoms with Crippen molar-refractivity contribution < 1.29 is 78.1 Å². The van der Waals surface area contributed by atoms with Crippen molar-refractivity contribution in [2.24, 2.45) is 0 Å². The fraction of sp³-hybridized carbons (Fsp3) is 0. The molecular weight excluding hydrogens is 353 g/mol. The third kappa shape index (κ3) is 18.3. The minimum Gasteiger partial charge on any atom is -1.00 e. The second-order valence-electron chi connectivity index (χ2n) is 0. The summed E-state index contributed by atoms with van der Waals surface area (Å²) in [6.07, 6.45) is 0. The van der Waals surface area contributed by atoms with Gasteiger partial charge < -0.3 is 8.33 Å². The molecule has 0 bridgehead atoms. The molecule has 0 heterocycles. The van der Waals surface area contributed by atoms with Crippen LogP contribution in [0, 0.1) is 35.6 Å². The molecule has 30 valence electrons. The van der Waals surface area contributed by atoms with Gasteiger partial charge in [-0.3, -0.25) is 0 Å². The molecule has 0 saturated heterocycles. The van der Waals surface area contributed by atoms with Crippen molar-refractivity contribution in [1.29, 1.82) is 0 Å². The van der Waals surface area contributed by atoms with Gasteiger partial charge in [-0.15, -0.1) is 0 Å². The third-order valence-corrected chi connectivity index (χ3v) is 0. The smallest absolute Gasteiger partial charge is 1.00 e. The zero-order valence-corrected chi connectivity index (χ0v) is 11.9. The Balaban J connectivity index is 0. The molecule has 5 heteroatoms. The average molecular weight is 357 g/mol. The number of hydrogen-bond donors (Lipinski definition) is 0. The zero-order chi connectivity index (χ0) is 0. The summed E-state index contributed by atoms with van der Waals surface area (Å²) in [5, 5.41) is 0. The Labute approximate surface area is 121 Å². The maximum Gasteiger partial charge on any atom is 2.00 e. The van der Waals surface area contributed by atoms with E-state index in [-0.39, 0.29) is 124 Å². The van der Waals surface area contributed by atoms with E-state index < -0.39 is 0 Å². The van der Waals surface area contributed by atoms with E-state index in [9.17, 15) is 0 Å². The van der Waals surface area contributed by atoms with Crippen molar-refractivity contribution in [3.63, 3.8) is 0 Å². The summed E-state index contributed by atoms with van der Waals surface area (Å²) >= 11 is 0. The molecule has 0 spiro atoms. The molecule has 0 atom stereocenters. The molecule has 0 aliphatic rings. The molecule has 0 aromatic carbocycles. The summed E-state index contributed by atoms with van der Waals surface area (Å²) in [7, 11) is 0. The van der Waals surface area contributed by atoms with E-state index in [1.807, 2.05) is 0 Å². The Bertz CT molecular complexity index is 17.7. The quantitative estimate of drug-likeness (QED) is 0.499. The van der Waals surface area contributed by atoms with Gasteiger partial charge in [0.2, 0.25) is 0 Å². The number of hydrogen-bond acceptors (Lipinski definition) is 0. The van der Waals surface area contributed by atoms with Crippen molar-refractivity contribution in [1.82, 2.24) is 0 Å².